The van der Waals surface area contributed by atoms with Crippen LogP contribution >= 0.6 is 0 Å². The lowest BCUT2D eigenvalue weighted by Crippen LogP contribution is -2.17. The molecule has 2 aromatic rings. The largest absolute Gasteiger partial charge is 0.331 e. The molecule has 2 aromatic heterocycles. The van der Waals surface area contributed by atoms with Crippen LogP contribution in [-0.2, 0) is 0 Å². The number of hydrogen-bond donors (Lipinski definition) is 1. The molecule has 4 heteroatoms. The Balaban J connectivity index is 2.68. The molecule has 0 aliphatic rings. The average Bonchev–Trinajstić information content (AvgIpc) is 2.61. The molecule has 0 amide bonds. The number of fused-ring (bicyclic) bond motifs is 1. The third kappa shape index (κ3) is 1.75. The van der Waals surface area contributed by atoms with Crippen LogP contribution in [0.1, 0.15) is 50.9 Å². The van der Waals surface area contributed by atoms with Gasteiger partial charge in [0.1, 0.15) is 5.65 Å². The van der Waals surface area contributed by atoms with Crippen molar-refractivity contribution >= 4 is 5.65 Å². The van der Waals surface area contributed by atoms with Crippen molar-refractivity contribution in [3.05, 3.63) is 34.1 Å². The summed E-state index contributed by atoms with van der Waals surface area (Å²) in [7, 11) is 0. The van der Waals surface area contributed by atoms with E-state index in [4.69, 9.17) is 0 Å². The van der Waals surface area contributed by atoms with E-state index in [1.54, 1.807) is 4.40 Å². The minimum atomic E-state index is -0.111. The van der Waals surface area contributed by atoms with Crippen LogP contribution in [0.4, 0.5) is 0 Å². The number of aromatic nitrogens is 3. The van der Waals surface area contributed by atoms with Crippen LogP contribution in [0.15, 0.2) is 17.1 Å². The molecule has 0 saturated carbocycles. The Bertz CT molecular complexity index is 563. The maximum atomic E-state index is 11.8. The first-order valence-electron chi connectivity index (χ1n) is 5.61. The lowest BCUT2D eigenvalue weighted by atomic mass is 10.1. The van der Waals surface area contributed by atoms with E-state index >= 15 is 0 Å². The summed E-state index contributed by atoms with van der Waals surface area (Å²) in [4.78, 5) is 19.1. The zero-order valence-electron chi connectivity index (χ0n) is 10.1. The molecule has 0 radical (unpaired) electrons. The Morgan fingerprint density at radius 3 is 2.50 bits per heavy atom. The third-order valence-electron chi connectivity index (χ3n) is 2.72. The van der Waals surface area contributed by atoms with Gasteiger partial charge in [0, 0.05) is 18.0 Å². The van der Waals surface area contributed by atoms with Gasteiger partial charge in [-0.1, -0.05) is 27.7 Å². The van der Waals surface area contributed by atoms with Crippen molar-refractivity contribution in [2.75, 3.05) is 0 Å². The van der Waals surface area contributed by atoms with Gasteiger partial charge in [0.05, 0.1) is 5.69 Å². The van der Waals surface area contributed by atoms with Crippen molar-refractivity contribution < 1.29 is 0 Å². The van der Waals surface area contributed by atoms with E-state index in [1.807, 2.05) is 26.1 Å². The van der Waals surface area contributed by atoms with Crippen molar-refractivity contribution in [2.45, 2.75) is 39.5 Å². The second-order valence-electron chi connectivity index (χ2n) is 4.73. The van der Waals surface area contributed by atoms with Crippen molar-refractivity contribution in [3.8, 4) is 0 Å². The molecule has 0 saturated heterocycles. The first-order chi connectivity index (χ1) is 7.49. The van der Waals surface area contributed by atoms with Crippen LogP contribution < -0.4 is 5.69 Å². The van der Waals surface area contributed by atoms with Gasteiger partial charge in [-0.3, -0.25) is 4.40 Å². The van der Waals surface area contributed by atoms with Gasteiger partial charge in [0.15, 0.2) is 0 Å². The van der Waals surface area contributed by atoms with Gasteiger partial charge < -0.3 is 4.98 Å². The molecular weight excluding hydrogens is 202 g/mol. The lowest BCUT2D eigenvalue weighted by molar-refractivity contribution is 0.796. The minimum Gasteiger partial charge on any atom is -0.311 e. The summed E-state index contributed by atoms with van der Waals surface area (Å²) in [6.45, 7) is 8.24. The van der Waals surface area contributed by atoms with Crippen LogP contribution in [0.5, 0.6) is 0 Å². The number of imidazole rings is 1. The maximum Gasteiger partial charge on any atom is 0.331 e. The van der Waals surface area contributed by atoms with Gasteiger partial charge in [-0.15, -0.1) is 0 Å². The molecule has 0 aromatic carbocycles. The Hall–Kier alpha value is -1.58. The van der Waals surface area contributed by atoms with E-state index in [2.05, 4.69) is 23.8 Å². The van der Waals surface area contributed by atoms with Gasteiger partial charge in [-0.2, -0.15) is 0 Å². The van der Waals surface area contributed by atoms with Crippen molar-refractivity contribution in [1.82, 2.24) is 14.4 Å². The number of rotatable bonds is 2. The zero-order valence-corrected chi connectivity index (χ0v) is 10.1. The summed E-state index contributed by atoms with van der Waals surface area (Å²) in [6, 6.07) is 1.94. The van der Waals surface area contributed by atoms with Crippen LogP contribution in [0.2, 0.25) is 0 Å². The average molecular weight is 219 g/mol. The number of nitrogens with zero attached hydrogens (tertiary/aromatic N) is 2. The second-order valence-corrected chi connectivity index (χ2v) is 4.73. The third-order valence-corrected chi connectivity index (χ3v) is 2.72. The van der Waals surface area contributed by atoms with Crippen LogP contribution in [0, 0.1) is 0 Å². The standard InChI is InChI=1S/C12H17N3O/c1-7(2)9-5-11-13-10(8(3)4)6-15(11)12(16)14-9/h5-8H,1-4H3,(H,14,16). The van der Waals surface area contributed by atoms with E-state index in [-0.39, 0.29) is 5.69 Å². The fourth-order valence-corrected chi connectivity index (χ4v) is 1.63. The van der Waals surface area contributed by atoms with Crippen molar-refractivity contribution in [3.63, 3.8) is 0 Å². The molecule has 1 N–H and O–H groups in total. The molecule has 0 bridgehead atoms. The van der Waals surface area contributed by atoms with E-state index in [9.17, 15) is 4.79 Å². The van der Waals surface area contributed by atoms with Crippen LogP contribution in [-0.4, -0.2) is 14.4 Å². The first-order valence-corrected chi connectivity index (χ1v) is 5.61. The molecule has 0 unspecified atom stereocenters. The summed E-state index contributed by atoms with van der Waals surface area (Å²) >= 11 is 0. The highest BCUT2D eigenvalue weighted by Crippen LogP contribution is 2.15. The Morgan fingerprint density at radius 2 is 1.94 bits per heavy atom. The predicted octanol–water partition coefficient (Wildman–Crippen LogP) is 2.27. The topological polar surface area (TPSA) is 50.2 Å². The molecule has 86 valence electrons. The molecule has 16 heavy (non-hydrogen) atoms. The number of aromatic amines is 1. The maximum absolute atomic E-state index is 11.8. The van der Waals surface area contributed by atoms with Gasteiger partial charge in [-0.05, 0) is 11.8 Å². The molecule has 4 nitrogen and oxygen atoms in total. The quantitative estimate of drug-likeness (QED) is 0.842. The summed E-state index contributed by atoms with van der Waals surface area (Å²) in [5, 5.41) is 0. The molecule has 2 rings (SSSR count). The number of nitrogens with one attached hydrogen (secondary N) is 1. The Labute approximate surface area is 94.3 Å². The summed E-state index contributed by atoms with van der Waals surface area (Å²) in [5.74, 6) is 0.638. The fraction of sp³-hybridized carbons (Fsp3) is 0.500. The van der Waals surface area contributed by atoms with Gasteiger partial charge in [-0.25, -0.2) is 9.78 Å². The van der Waals surface area contributed by atoms with E-state index in [0.717, 1.165) is 17.0 Å². The van der Waals surface area contributed by atoms with E-state index in [1.165, 1.54) is 0 Å². The highest BCUT2D eigenvalue weighted by Gasteiger charge is 2.09. The van der Waals surface area contributed by atoms with Crippen molar-refractivity contribution in [1.29, 1.82) is 0 Å². The van der Waals surface area contributed by atoms with Crippen LogP contribution in [0.3, 0.4) is 0 Å². The van der Waals surface area contributed by atoms with Gasteiger partial charge >= 0.3 is 5.69 Å². The highest BCUT2D eigenvalue weighted by molar-refractivity contribution is 5.41. The first kappa shape index (κ1) is 10.9. The molecule has 2 heterocycles. The molecule has 0 fully saturated rings. The molecule has 0 atom stereocenters. The normalized spacial score (nSPS) is 11.9. The number of hydrogen-bond acceptors (Lipinski definition) is 2. The van der Waals surface area contributed by atoms with E-state index in [0.29, 0.717) is 11.8 Å². The molecule has 0 aliphatic carbocycles. The Morgan fingerprint density at radius 1 is 1.25 bits per heavy atom. The lowest BCUT2D eigenvalue weighted by Gasteiger charge is -2.04. The van der Waals surface area contributed by atoms with Crippen molar-refractivity contribution in [2.24, 2.45) is 0 Å². The monoisotopic (exact) mass is 219 g/mol. The fourth-order valence-electron chi connectivity index (χ4n) is 1.63. The highest BCUT2D eigenvalue weighted by atomic mass is 16.1. The molecular formula is C12H17N3O. The zero-order chi connectivity index (χ0) is 11.9. The summed E-state index contributed by atoms with van der Waals surface area (Å²) < 4.78 is 1.57. The summed E-state index contributed by atoms with van der Waals surface area (Å²) in [6.07, 6.45) is 1.81. The second kappa shape index (κ2) is 3.77. The molecule has 0 aliphatic heterocycles. The van der Waals surface area contributed by atoms with E-state index < -0.39 is 0 Å². The smallest absolute Gasteiger partial charge is 0.311 e. The SMILES string of the molecule is CC(C)c1cn2c(=O)[nH]c(C(C)C)cc2n1. The Kier molecular flexibility index (Phi) is 2.58. The van der Waals surface area contributed by atoms with Crippen LogP contribution in [0.25, 0.3) is 5.65 Å². The van der Waals surface area contributed by atoms with Gasteiger partial charge in [0.2, 0.25) is 0 Å². The predicted molar refractivity (Wildman–Crippen MR) is 64.0 cm³/mol. The van der Waals surface area contributed by atoms with Gasteiger partial charge in [0.25, 0.3) is 0 Å². The molecule has 0 spiro atoms. The summed E-state index contributed by atoms with van der Waals surface area (Å²) in [5.41, 5.74) is 2.50. The number of H-pyrrole nitrogens is 1. The minimum absolute atomic E-state index is 0.111.